The summed E-state index contributed by atoms with van der Waals surface area (Å²) in [6.45, 7) is 8.56. The van der Waals surface area contributed by atoms with Gasteiger partial charge in [0.1, 0.15) is 23.8 Å². The third-order valence-electron chi connectivity index (χ3n) is 3.58. The number of aromatic hydroxyl groups is 1. The highest BCUT2D eigenvalue weighted by molar-refractivity contribution is 6.15. The molecular formula is C19H26N2O3. The minimum atomic E-state index is 0.114. The van der Waals surface area contributed by atoms with E-state index >= 15 is 0 Å². The Labute approximate surface area is 143 Å². The Bertz CT molecular complexity index is 648. The molecule has 1 aromatic rings. The lowest BCUT2D eigenvalue weighted by molar-refractivity contribution is 0.159. The van der Waals surface area contributed by atoms with Crippen molar-refractivity contribution in [3.05, 3.63) is 47.7 Å². The fourth-order valence-electron chi connectivity index (χ4n) is 2.57. The summed E-state index contributed by atoms with van der Waals surface area (Å²) in [5.74, 6) is 1.28. The molecule has 24 heavy (non-hydrogen) atoms. The normalized spacial score (nSPS) is 14.8. The number of phenolic OH excluding ortho intramolecular Hbond substituents is 1. The maximum absolute atomic E-state index is 10.4. The predicted octanol–water partition coefficient (Wildman–Crippen LogP) is 3.55. The highest BCUT2D eigenvalue weighted by Crippen LogP contribution is 2.27. The second kappa shape index (κ2) is 8.43. The third-order valence-corrected chi connectivity index (χ3v) is 3.58. The first-order chi connectivity index (χ1) is 11.5. The third kappa shape index (κ3) is 4.54. The molecule has 0 aliphatic carbocycles. The topological polar surface area (TPSA) is 54.3 Å². The standard InChI is InChI=1S/C19H26N2O3/c1-5-24-20-19(17-9-8-16(23-4)11-18(17)22)15-7-6-10-21(13-15)12-14(2)3/h6-9,11,13-14,22H,5,10,12H2,1-4H3/b20-19+. The smallest absolute Gasteiger partial charge is 0.128 e. The Morgan fingerprint density at radius 2 is 2.17 bits per heavy atom. The fraction of sp³-hybridized carbons (Fsp3) is 0.421. The van der Waals surface area contributed by atoms with Crippen LogP contribution in [0.15, 0.2) is 47.3 Å². The van der Waals surface area contributed by atoms with Gasteiger partial charge in [-0.3, -0.25) is 0 Å². The van der Waals surface area contributed by atoms with E-state index in [0.717, 1.165) is 18.7 Å². The number of methoxy groups -OCH3 is 1. The van der Waals surface area contributed by atoms with Crippen LogP contribution in [0.3, 0.4) is 0 Å². The molecule has 2 rings (SSSR count). The molecule has 5 nitrogen and oxygen atoms in total. The fourth-order valence-corrected chi connectivity index (χ4v) is 2.57. The second-order valence-corrected chi connectivity index (χ2v) is 6.08. The first kappa shape index (κ1) is 17.9. The number of phenols is 1. The van der Waals surface area contributed by atoms with E-state index in [2.05, 4.69) is 36.2 Å². The highest BCUT2D eigenvalue weighted by atomic mass is 16.6. The molecule has 0 atom stereocenters. The van der Waals surface area contributed by atoms with Crippen molar-refractivity contribution in [1.29, 1.82) is 0 Å². The number of hydrogen-bond donors (Lipinski definition) is 1. The van der Waals surface area contributed by atoms with E-state index in [9.17, 15) is 5.11 Å². The summed E-state index contributed by atoms with van der Waals surface area (Å²) < 4.78 is 5.15. The summed E-state index contributed by atoms with van der Waals surface area (Å²) in [7, 11) is 1.57. The molecule has 1 N–H and O–H groups in total. The molecule has 0 saturated heterocycles. The van der Waals surface area contributed by atoms with Crippen LogP contribution in [0.5, 0.6) is 11.5 Å². The van der Waals surface area contributed by atoms with Crippen LogP contribution in [0.25, 0.3) is 0 Å². The van der Waals surface area contributed by atoms with Crippen LogP contribution in [0.1, 0.15) is 26.3 Å². The van der Waals surface area contributed by atoms with Gasteiger partial charge < -0.3 is 19.6 Å². The molecule has 0 saturated carbocycles. The molecule has 1 heterocycles. The summed E-state index contributed by atoms with van der Waals surface area (Å²) in [5.41, 5.74) is 2.14. The number of allylic oxidation sites excluding steroid dienone is 2. The summed E-state index contributed by atoms with van der Waals surface area (Å²) in [6.07, 6.45) is 6.18. The molecule has 0 spiro atoms. The van der Waals surface area contributed by atoms with Crippen LogP contribution >= 0.6 is 0 Å². The molecule has 1 aliphatic rings. The van der Waals surface area contributed by atoms with Gasteiger partial charge in [-0.05, 0) is 25.0 Å². The minimum absolute atomic E-state index is 0.114. The number of benzene rings is 1. The molecule has 0 amide bonds. The molecule has 0 aromatic heterocycles. The van der Waals surface area contributed by atoms with Gasteiger partial charge >= 0.3 is 0 Å². The van der Waals surface area contributed by atoms with Crippen LogP contribution in [0, 0.1) is 5.92 Å². The van der Waals surface area contributed by atoms with Crippen molar-refractivity contribution in [2.75, 3.05) is 26.8 Å². The average molecular weight is 330 g/mol. The number of rotatable bonds is 7. The summed E-state index contributed by atoms with van der Waals surface area (Å²) in [6, 6.07) is 5.17. The van der Waals surface area contributed by atoms with Gasteiger partial charge in [0.25, 0.3) is 0 Å². The average Bonchev–Trinajstić information content (AvgIpc) is 2.56. The lowest BCUT2D eigenvalue weighted by atomic mass is 10.00. The second-order valence-electron chi connectivity index (χ2n) is 6.08. The first-order valence-electron chi connectivity index (χ1n) is 8.25. The maximum atomic E-state index is 10.4. The van der Waals surface area contributed by atoms with Crippen molar-refractivity contribution in [1.82, 2.24) is 4.90 Å². The molecule has 0 radical (unpaired) electrons. The summed E-state index contributed by atoms with van der Waals surface area (Å²) >= 11 is 0. The first-order valence-corrected chi connectivity index (χ1v) is 8.25. The van der Waals surface area contributed by atoms with Crippen molar-refractivity contribution < 1.29 is 14.7 Å². The lowest BCUT2D eigenvalue weighted by Gasteiger charge is -2.25. The zero-order valence-electron chi connectivity index (χ0n) is 14.8. The Hall–Kier alpha value is -2.43. The zero-order valence-corrected chi connectivity index (χ0v) is 14.8. The van der Waals surface area contributed by atoms with E-state index in [1.807, 2.05) is 13.0 Å². The van der Waals surface area contributed by atoms with E-state index in [1.165, 1.54) is 0 Å². The van der Waals surface area contributed by atoms with Gasteiger partial charge in [-0.1, -0.05) is 31.2 Å². The van der Waals surface area contributed by atoms with Crippen molar-refractivity contribution in [3.8, 4) is 11.5 Å². The van der Waals surface area contributed by atoms with Gasteiger partial charge in [-0.25, -0.2) is 0 Å². The lowest BCUT2D eigenvalue weighted by Crippen LogP contribution is -2.26. The van der Waals surface area contributed by atoms with Crippen LogP contribution in [0.4, 0.5) is 0 Å². The Balaban J connectivity index is 2.39. The van der Waals surface area contributed by atoms with Gasteiger partial charge in [0.15, 0.2) is 0 Å². The summed E-state index contributed by atoms with van der Waals surface area (Å²) in [5, 5.41) is 14.6. The van der Waals surface area contributed by atoms with Crippen molar-refractivity contribution in [2.45, 2.75) is 20.8 Å². The molecule has 1 aromatic carbocycles. The quantitative estimate of drug-likeness (QED) is 0.613. The molecule has 0 fully saturated rings. The van der Waals surface area contributed by atoms with E-state index in [4.69, 9.17) is 9.57 Å². The summed E-state index contributed by atoms with van der Waals surface area (Å²) in [4.78, 5) is 7.52. The molecule has 0 unspecified atom stereocenters. The predicted molar refractivity (Wildman–Crippen MR) is 96.5 cm³/mol. The number of hydrogen-bond acceptors (Lipinski definition) is 5. The van der Waals surface area contributed by atoms with Crippen molar-refractivity contribution in [2.24, 2.45) is 11.1 Å². The largest absolute Gasteiger partial charge is 0.507 e. The number of nitrogens with zero attached hydrogens (tertiary/aromatic N) is 2. The Morgan fingerprint density at radius 1 is 1.38 bits per heavy atom. The van der Waals surface area contributed by atoms with Crippen molar-refractivity contribution >= 4 is 5.71 Å². The molecule has 5 heteroatoms. The van der Waals surface area contributed by atoms with E-state index in [1.54, 1.807) is 25.3 Å². The van der Waals surface area contributed by atoms with Gasteiger partial charge in [0.05, 0.1) is 7.11 Å². The molecule has 0 bridgehead atoms. The SMILES string of the molecule is CCO/N=C(\C1=CN(CC(C)C)CC=C1)c1ccc(OC)cc1O. The highest BCUT2D eigenvalue weighted by Gasteiger charge is 2.17. The van der Waals surface area contributed by atoms with Crippen LogP contribution in [-0.4, -0.2) is 42.5 Å². The Kier molecular flexibility index (Phi) is 6.29. The minimum Gasteiger partial charge on any atom is -0.507 e. The zero-order chi connectivity index (χ0) is 17.5. The van der Waals surface area contributed by atoms with E-state index < -0.39 is 0 Å². The van der Waals surface area contributed by atoms with Gasteiger partial charge in [-0.2, -0.15) is 0 Å². The number of oxime groups is 1. The monoisotopic (exact) mass is 330 g/mol. The van der Waals surface area contributed by atoms with Crippen molar-refractivity contribution in [3.63, 3.8) is 0 Å². The number of ether oxygens (including phenoxy) is 1. The maximum Gasteiger partial charge on any atom is 0.128 e. The van der Waals surface area contributed by atoms with E-state index in [0.29, 0.717) is 29.5 Å². The van der Waals surface area contributed by atoms with Crippen LogP contribution in [-0.2, 0) is 4.84 Å². The molecule has 1 aliphatic heterocycles. The van der Waals surface area contributed by atoms with Gasteiger partial charge in [0.2, 0.25) is 0 Å². The Morgan fingerprint density at radius 3 is 2.79 bits per heavy atom. The van der Waals surface area contributed by atoms with E-state index in [-0.39, 0.29) is 5.75 Å². The van der Waals surface area contributed by atoms with Crippen LogP contribution < -0.4 is 4.74 Å². The van der Waals surface area contributed by atoms with Gasteiger partial charge in [-0.15, -0.1) is 0 Å². The van der Waals surface area contributed by atoms with Gasteiger partial charge in [0, 0.05) is 36.5 Å². The molecular weight excluding hydrogens is 304 g/mol. The van der Waals surface area contributed by atoms with Crippen LogP contribution in [0.2, 0.25) is 0 Å². The molecule has 130 valence electrons.